The maximum Gasteiger partial charge on any atom is 0.338 e. The van der Waals surface area contributed by atoms with Gasteiger partial charge in [0.1, 0.15) is 5.75 Å². The minimum absolute atomic E-state index is 0.206. The molecule has 40 heavy (non-hydrogen) atoms. The van der Waals surface area contributed by atoms with E-state index < -0.39 is 12.0 Å². The van der Waals surface area contributed by atoms with Crippen molar-refractivity contribution in [1.29, 1.82) is 0 Å². The van der Waals surface area contributed by atoms with Gasteiger partial charge in [0, 0.05) is 15.9 Å². The van der Waals surface area contributed by atoms with Crippen molar-refractivity contribution in [1.82, 2.24) is 9.13 Å². The number of carbonyl (C=O) groups excluding carboxylic acids is 1. The van der Waals surface area contributed by atoms with E-state index in [0.29, 0.717) is 27.2 Å². The van der Waals surface area contributed by atoms with Crippen molar-refractivity contribution in [3.63, 3.8) is 0 Å². The molecule has 0 amide bonds. The van der Waals surface area contributed by atoms with Crippen molar-refractivity contribution < 1.29 is 14.3 Å². The van der Waals surface area contributed by atoms with Crippen LogP contribution >= 0.6 is 27.3 Å². The number of aromatic nitrogens is 2. The Balaban J connectivity index is 1.68. The number of aryl methyl sites for hydroxylation is 1. The SMILES string of the molecule is CCOC(=O)C1=C(C)N=c2s/c(=C/c3cc(C)n(-c4ccccc4Br)c3C)c(=O)n2[C@@H]1c1ccc(OCC)cc1. The van der Waals surface area contributed by atoms with Gasteiger partial charge >= 0.3 is 5.97 Å². The predicted molar refractivity (Wildman–Crippen MR) is 161 cm³/mol. The van der Waals surface area contributed by atoms with E-state index in [0.717, 1.165) is 38.4 Å². The number of halogens is 1. The van der Waals surface area contributed by atoms with E-state index in [2.05, 4.69) is 37.6 Å². The van der Waals surface area contributed by atoms with Gasteiger partial charge in [-0.3, -0.25) is 9.36 Å². The maximum absolute atomic E-state index is 14.0. The van der Waals surface area contributed by atoms with E-state index in [9.17, 15) is 9.59 Å². The van der Waals surface area contributed by atoms with Crippen LogP contribution in [-0.4, -0.2) is 28.3 Å². The van der Waals surface area contributed by atoms with Crippen molar-refractivity contribution in [2.45, 2.75) is 40.7 Å². The molecule has 0 unspecified atom stereocenters. The number of hydrogen-bond acceptors (Lipinski definition) is 6. The number of para-hydroxylation sites is 1. The van der Waals surface area contributed by atoms with Crippen LogP contribution in [0.1, 0.15) is 49.3 Å². The third-order valence-corrected chi connectivity index (χ3v) is 8.53. The average Bonchev–Trinajstić information content (AvgIpc) is 3.38. The van der Waals surface area contributed by atoms with Crippen LogP contribution in [0.3, 0.4) is 0 Å². The van der Waals surface area contributed by atoms with Gasteiger partial charge < -0.3 is 14.0 Å². The molecule has 206 valence electrons. The summed E-state index contributed by atoms with van der Waals surface area (Å²) >= 11 is 4.98. The predicted octanol–water partition coefficient (Wildman–Crippen LogP) is 5.37. The number of nitrogens with zero attached hydrogens (tertiary/aromatic N) is 3. The monoisotopic (exact) mass is 619 g/mol. The number of benzene rings is 2. The van der Waals surface area contributed by atoms with Crippen LogP contribution in [0.2, 0.25) is 0 Å². The number of allylic oxidation sites excluding steroid dienone is 1. The molecule has 0 saturated carbocycles. The first kappa shape index (κ1) is 27.9. The summed E-state index contributed by atoms with van der Waals surface area (Å²) in [6.45, 7) is 10.3. The van der Waals surface area contributed by atoms with Crippen molar-refractivity contribution in [2.24, 2.45) is 4.99 Å². The molecule has 2 aromatic carbocycles. The Labute approximate surface area is 244 Å². The Morgan fingerprint density at radius 1 is 1.07 bits per heavy atom. The zero-order valence-electron chi connectivity index (χ0n) is 23.0. The molecule has 0 aliphatic carbocycles. The van der Waals surface area contributed by atoms with Crippen molar-refractivity contribution in [3.05, 3.63) is 113 Å². The first-order valence-electron chi connectivity index (χ1n) is 13.1. The highest BCUT2D eigenvalue weighted by molar-refractivity contribution is 9.10. The summed E-state index contributed by atoms with van der Waals surface area (Å²) in [6.07, 6.45) is 1.91. The van der Waals surface area contributed by atoms with Gasteiger partial charge in [0.15, 0.2) is 4.80 Å². The highest BCUT2D eigenvalue weighted by Gasteiger charge is 2.33. The van der Waals surface area contributed by atoms with Gasteiger partial charge in [0.05, 0.1) is 40.7 Å². The van der Waals surface area contributed by atoms with E-state index in [-0.39, 0.29) is 12.2 Å². The van der Waals surface area contributed by atoms with Gasteiger partial charge in [-0.05, 0) is 98.1 Å². The first-order chi connectivity index (χ1) is 19.2. The van der Waals surface area contributed by atoms with Gasteiger partial charge in [-0.25, -0.2) is 9.79 Å². The molecule has 9 heteroatoms. The van der Waals surface area contributed by atoms with Gasteiger partial charge in [-0.1, -0.05) is 35.6 Å². The lowest BCUT2D eigenvalue weighted by atomic mass is 9.96. The Kier molecular flexibility index (Phi) is 7.96. The summed E-state index contributed by atoms with van der Waals surface area (Å²) < 4.78 is 16.3. The van der Waals surface area contributed by atoms with Crippen LogP contribution in [0.5, 0.6) is 5.75 Å². The van der Waals surface area contributed by atoms with Crippen LogP contribution in [0.25, 0.3) is 11.8 Å². The number of ether oxygens (including phenoxy) is 2. The highest BCUT2D eigenvalue weighted by atomic mass is 79.9. The third-order valence-electron chi connectivity index (χ3n) is 6.87. The maximum atomic E-state index is 14.0. The number of thiazole rings is 1. The van der Waals surface area contributed by atoms with Crippen LogP contribution in [-0.2, 0) is 9.53 Å². The van der Waals surface area contributed by atoms with E-state index in [4.69, 9.17) is 9.47 Å². The zero-order valence-corrected chi connectivity index (χ0v) is 25.4. The summed E-state index contributed by atoms with van der Waals surface area (Å²) in [5.41, 5.74) is 5.51. The Morgan fingerprint density at radius 3 is 2.48 bits per heavy atom. The third kappa shape index (κ3) is 4.99. The van der Waals surface area contributed by atoms with Crippen molar-refractivity contribution >= 4 is 39.3 Å². The molecule has 3 heterocycles. The zero-order chi connectivity index (χ0) is 28.6. The smallest absolute Gasteiger partial charge is 0.338 e. The molecule has 0 N–H and O–H groups in total. The summed E-state index contributed by atoms with van der Waals surface area (Å²) in [5.74, 6) is 0.242. The lowest BCUT2D eigenvalue weighted by molar-refractivity contribution is -0.139. The lowest BCUT2D eigenvalue weighted by Gasteiger charge is -2.24. The second-order valence-corrected chi connectivity index (χ2v) is 11.3. The highest BCUT2D eigenvalue weighted by Crippen LogP contribution is 2.32. The average molecular weight is 621 g/mol. The molecular formula is C31H30BrN3O4S. The van der Waals surface area contributed by atoms with Gasteiger partial charge in [0.2, 0.25) is 0 Å². The Bertz CT molecular complexity index is 1810. The molecule has 1 atom stereocenters. The first-order valence-corrected chi connectivity index (χ1v) is 14.7. The van der Waals surface area contributed by atoms with Gasteiger partial charge in [-0.15, -0.1) is 0 Å². The van der Waals surface area contributed by atoms with Crippen LogP contribution in [0.4, 0.5) is 0 Å². The van der Waals surface area contributed by atoms with Gasteiger partial charge in [0.25, 0.3) is 5.56 Å². The second-order valence-electron chi connectivity index (χ2n) is 9.42. The van der Waals surface area contributed by atoms with E-state index in [1.54, 1.807) is 18.4 Å². The fourth-order valence-corrected chi connectivity index (χ4v) is 6.60. The molecule has 0 bridgehead atoms. The van der Waals surface area contributed by atoms with Crippen molar-refractivity contribution in [3.8, 4) is 11.4 Å². The molecule has 2 aromatic heterocycles. The molecule has 1 aliphatic rings. The fourth-order valence-electron chi connectivity index (χ4n) is 5.10. The number of fused-ring (bicyclic) bond motifs is 1. The minimum atomic E-state index is -0.666. The molecule has 4 aromatic rings. The minimum Gasteiger partial charge on any atom is -0.494 e. The molecule has 0 spiro atoms. The normalized spacial score (nSPS) is 15.2. The number of carbonyl (C=O) groups is 1. The Morgan fingerprint density at radius 2 is 1.80 bits per heavy atom. The molecule has 1 aliphatic heterocycles. The topological polar surface area (TPSA) is 74.8 Å². The summed E-state index contributed by atoms with van der Waals surface area (Å²) in [5, 5.41) is 0. The summed E-state index contributed by atoms with van der Waals surface area (Å²) in [6, 6.07) is 16.9. The number of esters is 1. The summed E-state index contributed by atoms with van der Waals surface area (Å²) in [4.78, 5) is 32.4. The second kappa shape index (κ2) is 11.4. The van der Waals surface area contributed by atoms with E-state index in [1.165, 1.54) is 11.3 Å². The van der Waals surface area contributed by atoms with Crippen LogP contribution in [0.15, 0.2) is 80.1 Å². The Hall–Kier alpha value is -3.69. The van der Waals surface area contributed by atoms with E-state index in [1.807, 2.05) is 69.3 Å². The molecule has 0 fully saturated rings. The van der Waals surface area contributed by atoms with E-state index >= 15 is 0 Å². The number of hydrogen-bond donors (Lipinski definition) is 0. The fraction of sp³-hybridized carbons (Fsp3) is 0.258. The standard InChI is InChI=1S/C31H30BrN3O4S/c1-6-38-23-14-12-21(13-15-23)28-27(30(37)39-7-2)19(4)33-31-35(28)29(36)26(40-31)17-22-16-18(3)34(20(22)5)25-11-9-8-10-24(25)32/h8-17,28H,6-7H2,1-5H3/b26-17+/t28-/m1/s1. The van der Waals surface area contributed by atoms with Gasteiger partial charge in [-0.2, -0.15) is 0 Å². The molecule has 5 rings (SSSR count). The quantitative estimate of drug-likeness (QED) is 0.261. The molecule has 7 nitrogen and oxygen atoms in total. The lowest BCUT2D eigenvalue weighted by Crippen LogP contribution is -2.39. The van der Waals surface area contributed by atoms with Crippen LogP contribution in [0, 0.1) is 13.8 Å². The number of rotatable bonds is 7. The largest absolute Gasteiger partial charge is 0.494 e. The summed E-state index contributed by atoms with van der Waals surface area (Å²) in [7, 11) is 0. The molecular weight excluding hydrogens is 590 g/mol. The molecule has 0 saturated heterocycles. The molecule has 0 radical (unpaired) electrons. The van der Waals surface area contributed by atoms with Crippen molar-refractivity contribution in [2.75, 3.05) is 13.2 Å². The van der Waals surface area contributed by atoms with Crippen LogP contribution < -0.4 is 19.6 Å².